The smallest absolute Gasteiger partial charge is 0.00845 e. The van der Waals surface area contributed by atoms with Gasteiger partial charge < -0.3 is 0 Å². The summed E-state index contributed by atoms with van der Waals surface area (Å²) in [5.41, 5.74) is 1.77. The van der Waals surface area contributed by atoms with Crippen LogP contribution in [0.3, 0.4) is 0 Å². The van der Waals surface area contributed by atoms with Gasteiger partial charge in [-0.2, -0.15) is 11.8 Å². The third kappa shape index (κ3) is 3.27. The van der Waals surface area contributed by atoms with Crippen molar-refractivity contribution in [3.05, 3.63) is 11.6 Å². The summed E-state index contributed by atoms with van der Waals surface area (Å²) in [4.78, 5) is 0. The molecule has 1 aliphatic carbocycles. The summed E-state index contributed by atoms with van der Waals surface area (Å²) in [5.74, 6) is 3.25. The monoisotopic (exact) mass is 224 g/mol. The topological polar surface area (TPSA) is 0 Å². The molecular formula is C14H24S. The van der Waals surface area contributed by atoms with Crippen LogP contribution in [0, 0.1) is 11.8 Å². The van der Waals surface area contributed by atoms with Crippen LogP contribution in [-0.2, 0) is 0 Å². The van der Waals surface area contributed by atoms with Crippen molar-refractivity contribution in [2.45, 2.75) is 57.6 Å². The average Bonchev–Trinajstić information content (AvgIpc) is 2.71. The second-order valence-corrected chi connectivity index (χ2v) is 6.89. The minimum Gasteiger partial charge on any atom is -0.158 e. The molecule has 0 radical (unpaired) electrons. The molecule has 1 heteroatoms. The van der Waals surface area contributed by atoms with Crippen molar-refractivity contribution in [1.82, 2.24) is 0 Å². The predicted molar refractivity (Wildman–Crippen MR) is 70.4 cm³/mol. The molecule has 2 rings (SSSR count). The van der Waals surface area contributed by atoms with Crippen molar-refractivity contribution in [3.63, 3.8) is 0 Å². The van der Waals surface area contributed by atoms with Crippen molar-refractivity contribution in [3.8, 4) is 0 Å². The van der Waals surface area contributed by atoms with Gasteiger partial charge in [0.25, 0.3) is 0 Å². The summed E-state index contributed by atoms with van der Waals surface area (Å²) in [6.45, 7) is 4.74. The van der Waals surface area contributed by atoms with E-state index in [2.05, 4.69) is 31.7 Å². The lowest BCUT2D eigenvalue weighted by atomic mass is 9.81. The summed E-state index contributed by atoms with van der Waals surface area (Å²) in [5, 5.41) is 0.965. The van der Waals surface area contributed by atoms with E-state index >= 15 is 0 Å². The quantitative estimate of drug-likeness (QED) is 0.629. The van der Waals surface area contributed by atoms with Gasteiger partial charge in [0, 0.05) is 5.25 Å². The molecule has 0 aromatic rings. The molecule has 1 heterocycles. The van der Waals surface area contributed by atoms with Crippen molar-refractivity contribution in [2.24, 2.45) is 11.8 Å². The molecule has 2 atom stereocenters. The minimum absolute atomic E-state index is 0.878. The molecule has 1 fully saturated rings. The number of thioether (sulfide) groups is 1. The highest BCUT2D eigenvalue weighted by atomic mass is 32.2. The number of hydrogen-bond donors (Lipinski definition) is 0. The lowest BCUT2D eigenvalue weighted by Gasteiger charge is -2.26. The molecule has 0 aromatic heterocycles. The average molecular weight is 224 g/mol. The summed E-state index contributed by atoms with van der Waals surface area (Å²) < 4.78 is 0. The largest absolute Gasteiger partial charge is 0.158 e. The molecule has 0 nitrogen and oxygen atoms in total. The molecule has 2 unspecified atom stereocenters. The van der Waals surface area contributed by atoms with Crippen molar-refractivity contribution in [1.29, 1.82) is 0 Å². The summed E-state index contributed by atoms with van der Waals surface area (Å²) in [6.07, 6.45) is 11.1. The van der Waals surface area contributed by atoms with Crippen molar-refractivity contribution in [2.75, 3.05) is 5.75 Å². The lowest BCUT2D eigenvalue weighted by Crippen LogP contribution is -2.13. The first-order chi connectivity index (χ1) is 7.25. The maximum atomic E-state index is 2.56. The third-order valence-electron chi connectivity index (χ3n) is 4.00. The van der Waals surface area contributed by atoms with E-state index in [1.807, 2.05) is 0 Å². The van der Waals surface area contributed by atoms with Crippen LogP contribution in [0.4, 0.5) is 0 Å². The molecule has 0 amide bonds. The normalized spacial score (nSPS) is 32.1. The highest BCUT2D eigenvalue weighted by Crippen LogP contribution is 2.36. The van der Waals surface area contributed by atoms with Crippen molar-refractivity contribution < 1.29 is 0 Å². The fourth-order valence-electron chi connectivity index (χ4n) is 2.80. The van der Waals surface area contributed by atoms with Gasteiger partial charge in [-0.25, -0.2) is 0 Å². The summed E-state index contributed by atoms with van der Waals surface area (Å²) >= 11 is 2.20. The van der Waals surface area contributed by atoms with E-state index in [1.165, 1.54) is 44.3 Å². The first kappa shape index (κ1) is 11.6. The Morgan fingerprint density at radius 1 is 1.40 bits per heavy atom. The minimum atomic E-state index is 0.878. The van der Waals surface area contributed by atoms with E-state index in [1.54, 1.807) is 5.57 Å². The molecule has 15 heavy (non-hydrogen) atoms. The Morgan fingerprint density at radius 2 is 2.27 bits per heavy atom. The van der Waals surface area contributed by atoms with Crippen LogP contribution in [0.2, 0.25) is 0 Å². The molecular weight excluding hydrogens is 200 g/mol. The highest BCUT2D eigenvalue weighted by molar-refractivity contribution is 8.00. The van der Waals surface area contributed by atoms with Gasteiger partial charge in [-0.05, 0) is 56.1 Å². The maximum Gasteiger partial charge on any atom is 0.00845 e. The fourth-order valence-corrected chi connectivity index (χ4v) is 4.13. The van der Waals surface area contributed by atoms with E-state index in [9.17, 15) is 0 Å². The molecule has 86 valence electrons. The second kappa shape index (κ2) is 5.43. The Kier molecular flexibility index (Phi) is 4.19. The Hall–Kier alpha value is 0.0900. The fraction of sp³-hybridized carbons (Fsp3) is 0.857. The van der Waals surface area contributed by atoms with Gasteiger partial charge in [-0.15, -0.1) is 0 Å². The van der Waals surface area contributed by atoms with Gasteiger partial charge in [-0.1, -0.05) is 25.5 Å². The highest BCUT2D eigenvalue weighted by Gasteiger charge is 2.21. The van der Waals surface area contributed by atoms with Crippen LogP contribution in [0.1, 0.15) is 52.4 Å². The number of rotatable bonds is 3. The predicted octanol–water partition coefficient (Wildman–Crippen LogP) is 4.65. The molecule has 0 spiro atoms. The summed E-state index contributed by atoms with van der Waals surface area (Å²) in [6, 6.07) is 0. The molecule has 0 aromatic carbocycles. The van der Waals surface area contributed by atoms with E-state index in [0.29, 0.717) is 0 Å². The van der Waals surface area contributed by atoms with Crippen LogP contribution in [0.5, 0.6) is 0 Å². The second-order valence-electron chi connectivity index (χ2n) is 5.48. The lowest BCUT2D eigenvalue weighted by molar-refractivity contribution is 0.348. The molecule has 0 saturated carbocycles. The standard InChI is InChI=1S/C14H24S/c1-11(2)13-7-5-12(6-8-13)10-14-4-3-9-15-14/h5,11,13-14H,3-4,6-10H2,1-2H3. The Bertz CT molecular complexity index is 223. The zero-order valence-electron chi connectivity index (χ0n) is 10.2. The van der Waals surface area contributed by atoms with Gasteiger partial charge in [0.05, 0.1) is 0 Å². The van der Waals surface area contributed by atoms with Crippen LogP contribution in [0.15, 0.2) is 11.6 Å². The summed E-state index contributed by atoms with van der Waals surface area (Å²) in [7, 11) is 0. The molecule has 2 aliphatic rings. The van der Waals surface area contributed by atoms with Gasteiger partial charge >= 0.3 is 0 Å². The van der Waals surface area contributed by atoms with Crippen LogP contribution < -0.4 is 0 Å². The maximum absolute atomic E-state index is 2.56. The Morgan fingerprint density at radius 3 is 2.80 bits per heavy atom. The third-order valence-corrected chi connectivity index (χ3v) is 5.40. The van der Waals surface area contributed by atoms with Crippen LogP contribution in [0.25, 0.3) is 0 Å². The zero-order valence-corrected chi connectivity index (χ0v) is 11.0. The molecule has 1 aliphatic heterocycles. The first-order valence-electron chi connectivity index (χ1n) is 6.55. The molecule has 0 N–H and O–H groups in total. The first-order valence-corrected chi connectivity index (χ1v) is 7.60. The van der Waals surface area contributed by atoms with E-state index in [-0.39, 0.29) is 0 Å². The van der Waals surface area contributed by atoms with E-state index < -0.39 is 0 Å². The molecule has 1 saturated heterocycles. The van der Waals surface area contributed by atoms with Crippen LogP contribution in [-0.4, -0.2) is 11.0 Å². The van der Waals surface area contributed by atoms with Crippen molar-refractivity contribution >= 4 is 11.8 Å². The van der Waals surface area contributed by atoms with Gasteiger partial charge in [-0.3, -0.25) is 0 Å². The van der Waals surface area contributed by atoms with Gasteiger partial charge in [0.2, 0.25) is 0 Å². The number of hydrogen-bond acceptors (Lipinski definition) is 1. The molecule has 0 bridgehead atoms. The Balaban J connectivity index is 1.79. The van der Waals surface area contributed by atoms with Gasteiger partial charge in [0.1, 0.15) is 0 Å². The Labute approximate surface area is 98.9 Å². The van der Waals surface area contributed by atoms with Gasteiger partial charge in [0.15, 0.2) is 0 Å². The van der Waals surface area contributed by atoms with E-state index in [0.717, 1.165) is 17.1 Å². The van der Waals surface area contributed by atoms with Crippen LogP contribution >= 0.6 is 11.8 Å². The SMILES string of the molecule is CC(C)C1CC=C(CC2CCCS2)CC1. The zero-order chi connectivity index (χ0) is 10.7. The van der Waals surface area contributed by atoms with E-state index in [4.69, 9.17) is 0 Å². The number of allylic oxidation sites excluding steroid dienone is 2.